The lowest BCUT2D eigenvalue weighted by Crippen LogP contribution is -2.49. The molecule has 1 atom stereocenters. The van der Waals surface area contributed by atoms with E-state index in [1.807, 2.05) is 24.3 Å². The van der Waals surface area contributed by atoms with Crippen molar-refractivity contribution in [2.45, 2.75) is 49.8 Å². The number of benzene rings is 2. The van der Waals surface area contributed by atoms with Gasteiger partial charge in [-0.25, -0.2) is 9.78 Å². The minimum absolute atomic E-state index is 0.0308. The lowest BCUT2D eigenvalue weighted by atomic mass is 9.89. The zero-order valence-electron chi connectivity index (χ0n) is 17.8. The SMILES string of the molecule is C=C(c1ccc(OC)cc1)C1COC2(CCC(Nc3cccc(C(F)(F)F)c3)CC2)OO1. The van der Waals surface area contributed by atoms with E-state index in [4.69, 9.17) is 19.2 Å². The summed E-state index contributed by atoms with van der Waals surface area (Å²) in [6, 6.07) is 12.8. The molecule has 1 heterocycles. The summed E-state index contributed by atoms with van der Waals surface area (Å²) in [6.45, 7) is 4.42. The summed E-state index contributed by atoms with van der Waals surface area (Å²) in [5.74, 6) is -0.0732. The number of hydrogen-bond acceptors (Lipinski definition) is 5. The molecule has 0 aromatic heterocycles. The topological polar surface area (TPSA) is 49.0 Å². The Morgan fingerprint density at radius 2 is 1.84 bits per heavy atom. The van der Waals surface area contributed by atoms with Crippen LogP contribution >= 0.6 is 0 Å². The molecule has 8 heteroatoms. The molecule has 2 aromatic rings. The highest BCUT2D eigenvalue weighted by atomic mass is 19.4. The molecule has 4 rings (SSSR count). The van der Waals surface area contributed by atoms with Crippen LogP contribution in [0.3, 0.4) is 0 Å². The average Bonchev–Trinajstić information content (AvgIpc) is 2.80. The summed E-state index contributed by atoms with van der Waals surface area (Å²) < 4.78 is 50.0. The molecule has 0 amide bonds. The van der Waals surface area contributed by atoms with Crippen molar-refractivity contribution < 1.29 is 32.4 Å². The fraction of sp³-hybridized carbons (Fsp3) is 0.417. The molecule has 32 heavy (non-hydrogen) atoms. The van der Waals surface area contributed by atoms with Gasteiger partial charge < -0.3 is 14.8 Å². The Kier molecular flexibility index (Phi) is 6.46. The Hall–Kier alpha value is -2.55. The first-order valence-electron chi connectivity index (χ1n) is 10.5. The molecule has 172 valence electrons. The second-order valence-electron chi connectivity index (χ2n) is 8.14. The van der Waals surface area contributed by atoms with E-state index in [1.54, 1.807) is 13.2 Å². The molecule has 1 unspecified atom stereocenters. The largest absolute Gasteiger partial charge is 0.497 e. The van der Waals surface area contributed by atoms with E-state index < -0.39 is 23.6 Å². The normalized spacial score (nSPS) is 26.0. The minimum Gasteiger partial charge on any atom is -0.497 e. The number of halogens is 3. The van der Waals surface area contributed by atoms with Crippen molar-refractivity contribution in [3.8, 4) is 5.75 Å². The molecule has 1 aliphatic heterocycles. The van der Waals surface area contributed by atoms with Crippen molar-refractivity contribution in [3.63, 3.8) is 0 Å². The Morgan fingerprint density at radius 3 is 2.44 bits per heavy atom. The highest BCUT2D eigenvalue weighted by Crippen LogP contribution is 2.39. The first-order chi connectivity index (χ1) is 15.3. The van der Waals surface area contributed by atoms with Crippen molar-refractivity contribution in [2.24, 2.45) is 0 Å². The Labute approximate surface area is 185 Å². The number of alkyl halides is 3. The van der Waals surface area contributed by atoms with Crippen LogP contribution in [0.2, 0.25) is 0 Å². The van der Waals surface area contributed by atoms with Crippen molar-refractivity contribution in [2.75, 3.05) is 19.0 Å². The molecule has 0 radical (unpaired) electrons. The van der Waals surface area contributed by atoms with E-state index in [1.165, 1.54) is 6.07 Å². The maximum Gasteiger partial charge on any atom is 0.416 e. The molecule has 2 fully saturated rings. The summed E-state index contributed by atoms with van der Waals surface area (Å²) in [6.07, 6.45) is -2.26. The van der Waals surface area contributed by atoms with Gasteiger partial charge in [0.2, 0.25) is 5.79 Å². The van der Waals surface area contributed by atoms with Crippen LogP contribution in [-0.2, 0) is 20.7 Å². The number of ether oxygens (including phenoxy) is 2. The summed E-state index contributed by atoms with van der Waals surface area (Å²) in [5.41, 5.74) is 1.46. The third-order valence-electron chi connectivity index (χ3n) is 5.97. The maximum atomic E-state index is 12.9. The van der Waals surface area contributed by atoms with Crippen molar-refractivity contribution in [1.82, 2.24) is 0 Å². The highest BCUT2D eigenvalue weighted by Gasteiger charge is 2.43. The van der Waals surface area contributed by atoms with Crippen LogP contribution in [0.15, 0.2) is 55.1 Å². The minimum atomic E-state index is -4.36. The molecule has 5 nitrogen and oxygen atoms in total. The summed E-state index contributed by atoms with van der Waals surface area (Å²) in [4.78, 5) is 11.3. The van der Waals surface area contributed by atoms with Gasteiger partial charge in [0.25, 0.3) is 0 Å². The summed E-state index contributed by atoms with van der Waals surface area (Å²) >= 11 is 0. The lowest BCUT2D eigenvalue weighted by molar-refractivity contribution is -0.483. The van der Waals surface area contributed by atoms with Gasteiger partial charge >= 0.3 is 6.18 Å². The van der Waals surface area contributed by atoms with Gasteiger partial charge in [0.15, 0.2) is 0 Å². The van der Waals surface area contributed by atoms with Crippen LogP contribution in [-0.4, -0.2) is 31.6 Å². The van der Waals surface area contributed by atoms with Gasteiger partial charge in [0, 0.05) is 24.6 Å². The summed E-state index contributed by atoms with van der Waals surface area (Å²) in [5, 5.41) is 3.20. The van der Waals surface area contributed by atoms with Crippen molar-refractivity contribution >= 4 is 11.3 Å². The molecule has 1 N–H and O–H groups in total. The number of nitrogens with one attached hydrogen (secondary N) is 1. The van der Waals surface area contributed by atoms with E-state index in [0.29, 0.717) is 38.0 Å². The highest BCUT2D eigenvalue weighted by molar-refractivity contribution is 5.67. The van der Waals surface area contributed by atoms with Gasteiger partial charge in [-0.1, -0.05) is 24.8 Å². The monoisotopic (exact) mass is 449 g/mol. The van der Waals surface area contributed by atoms with E-state index in [-0.39, 0.29) is 6.04 Å². The first-order valence-corrected chi connectivity index (χ1v) is 10.5. The predicted molar refractivity (Wildman–Crippen MR) is 114 cm³/mol. The van der Waals surface area contributed by atoms with Crippen LogP contribution < -0.4 is 10.1 Å². The quantitative estimate of drug-likeness (QED) is 0.583. The van der Waals surface area contributed by atoms with E-state index in [2.05, 4.69) is 11.9 Å². The molecule has 2 aliphatic rings. The zero-order chi connectivity index (χ0) is 22.8. The van der Waals surface area contributed by atoms with Gasteiger partial charge in [-0.3, -0.25) is 0 Å². The Balaban J connectivity index is 1.29. The van der Waals surface area contributed by atoms with E-state index >= 15 is 0 Å². The van der Waals surface area contributed by atoms with E-state index in [9.17, 15) is 13.2 Å². The molecule has 1 spiro atoms. The fourth-order valence-electron chi connectivity index (χ4n) is 4.03. The average molecular weight is 449 g/mol. The second kappa shape index (κ2) is 9.13. The van der Waals surface area contributed by atoms with Crippen LogP contribution in [0, 0.1) is 0 Å². The molecule has 1 saturated carbocycles. The smallest absolute Gasteiger partial charge is 0.416 e. The van der Waals surface area contributed by atoms with Gasteiger partial charge in [-0.2, -0.15) is 13.2 Å². The second-order valence-corrected chi connectivity index (χ2v) is 8.14. The number of rotatable bonds is 5. The molecule has 1 saturated heterocycles. The van der Waals surface area contributed by atoms with Crippen LogP contribution in [0.5, 0.6) is 5.75 Å². The summed E-state index contributed by atoms with van der Waals surface area (Å²) in [7, 11) is 1.61. The van der Waals surface area contributed by atoms with Crippen molar-refractivity contribution in [1.29, 1.82) is 0 Å². The zero-order valence-corrected chi connectivity index (χ0v) is 17.8. The number of methoxy groups -OCH3 is 1. The predicted octanol–water partition coefficient (Wildman–Crippen LogP) is 5.83. The molecular formula is C24H26F3NO4. The van der Waals surface area contributed by atoms with Crippen molar-refractivity contribution in [3.05, 3.63) is 66.2 Å². The fourth-order valence-corrected chi connectivity index (χ4v) is 4.03. The van der Waals surface area contributed by atoms with E-state index in [0.717, 1.165) is 29.0 Å². The van der Waals surface area contributed by atoms with Gasteiger partial charge in [0.1, 0.15) is 11.9 Å². The molecule has 2 aromatic carbocycles. The Bertz CT molecular complexity index is 927. The first kappa shape index (κ1) is 22.6. The Morgan fingerprint density at radius 1 is 1.12 bits per heavy atom. The number of anilines is 1. The van der Waals surface area contributed by atoms with Crippen LogP contribution in [0.25, 0.3) is 5.57 Å². The molecular weight excluding hydrogens is 423 g/mol. The van der Waals surface area contributed by atoms with Gasteiger partial charge in [-0.05, 0) is 54.3 Å². The number of hydrogen-bond donors (Lipinski definition) is 1. The molecule has 0 bridgehead atoms. The lowest BCUT2D eigenvalue weighted by Gasteiger charge is -2.43. The third kappa shape index (κ3) is 5.09. The van der Waals surface area contributed by atoms with Gasteiger partial charge in [0.05, 0.1) is 19.3 Å². The third-order valence-corrected chi connectivity index (χ3v) is 5.97. The van der Waals surface area contributed by atoms with Gasteiger partial charge in [-0.15, -0.1) is 0 Å². The van der Waals surface area contributed by atoms with Crippen LogP contribution in [0.1, 0.15) is 36.8 Å². The maximum absolute atomic E-state index is 12.9. The molecule has 1 aliphatic carbocycles. The standard InChI is InChI=1S/C24H26F3NO4/c1-16(17-6-8-21(29-2)9-7-17)22-15-30-23(32-31-22)12-10-19(11-13-23)28-20-5-3-4-18(14-20)24(25,26)27/h3-9,14,19,22,28H,1,10-13,15H2,2H3. The van der Waals surface area contributed by atoms with Crippen LogP contribution in [0.4, 0.5) is 18.9 Å².